The summed E-state index contributed by atoms with van der Waals surface area (Å²) in [5, 5.41) is 7.33. The second-order valence-electron chi connectivity index (χ2n) is 3.26. The maximum atomic E-state index is 5.43. The molecule has 2 aromatic heterocycles. The van der Waals surface area contributed by atoms with Gasteiger partial charge in [0.1, 0.15) is 5.76 Å². The summed E-state index contributed by atoms with van der Waals surface area (Å²) in [6.45, 7) is 1.51. The second-order valence-corrected chi connectivity index (χ2v) is 4.50. The van der Waals surface area contributed by atoms with Crippen molar-refractivity contribution in [3.05, 3.63) is 39.6 Å². The van der Waals surface area contributed by atoms with Gasteiger partial charge < -0.3 is 9.73 Å². The summed E-state index contributed by atoms with van der Waals surface area (Å²) in [6, 6.07) is 1.99. The molecule has 0 aliphatic rings. The van der Waals surface area contributed by atoms with E-state index >= 15 is 0 Å². The molecule has 0 spiro atoms. The molecule has 2 heterocycles. The van der Waals surface area contributed by atoms with Crippen molar-refractivity contribution in [1.29, 1.82) is 0 Å². The van der Waals surface area contributed by atoms with Gasteiger partial charge in [-0.1, -0.05) is 0 Å². The Labute approximate surface area is 102 Å². The molecule has 0 radical (unpaired) electrons. The van der Waals surface area contributed by atoms with Crippen molar-refractivity contribution in [1.82, 2.24) is 15.1 Å². The van der Waals surface area contributed by atoms with Crippen LogP contribution in [0, 0.1) is 3.57 Å². The highest BCUT2D eigenvalue weighted by Gasteiger charge is 2.06. The number of furan rings is 1. The van der Waals surface area contributed by atoms with Crippen molar-refractivity contribution in [2.24, 2.45) is 0 Å². The average molecular weight is 317 g/mol. The predicted octanol–water partition coefficient (Wildman–Crippen LogP) is 1.85. The van der Waals surface area contributed by atoms with Crippen LogP contribution >= 0.6 is 22.6 Å². The molecular weight excluding hydrogens is 305 g/mol. The zero-order chi connectivity index (χ0) is 10.7. The van der Waals surface area contributed by atoms with Crippen LogP contribution in [0.5, 0.6) is 0 Å². The number of hydrogen-bond donors (Lipinski definition) is 1. The first-order valence-corrected chi connectivity index (χ1v) is 5.75. The molecule has 2 aromatic rings. The van der Waals surface area contributed by atoms with Crippen molar-refractivity contribution in [3.63, 3.8) is 0 Å². The van der Waals surface area contributed by atoms with Gasteiger partial charge in [0.05, 0.1) is 22.6 Å². The SMILES string of the molecule is CNCc1ccoc1Cn1cc(I)cn1. The number of nitrogens with zero attached hydrogens (tertiary/aromatic N) is 2. The molecule has 80 valence electrons. The van der Waals surface area contributed by atoms with Gasteiger partial charge in [0.2, 0.25) is 0 Å². The van der Waals surface area contributed by atoms with Gasteiger partial charge in [-0.25, -0.2) is 0 Å². The Bertz CT molecular complexity index is 435. The first-order chi connectivity index (χ1) is 7.29. The fraction of sp³-hybridized carbons (Fsp3) is 0.300. The highest BCUT2D eigenvalue weighted by atomic mass is 127. The summed E-state index contributed by atoms with van der Waals surface area (Å²) >= 11 is 2.24. The normalized spacial score (nSPS) is 10.8. The van der Waals surface area contributed by atoms with Crippen LogP contribution in [0.4, 0.5) is 0 Å². The van der Waals surface area contributed by atoms with Crippen molar-refractivity contribution in [3.8, 4) is 0 Å². The summed E-state index contributed by atoms with van der Waals surface area (Å²) in [4.78, 5) is 0. The summed E-state index contributed by atoms with van der Waals surface area (Å²) in [6.07, 6.45) is 5.55. The topological polar surface area (TPSA) is 43.0 Å². The maximum absolute atomic E-state index is 5.43. The van der Waals surface area contributed by atoms with Crippen molar-refractivity contribution < 1.29 is 4.42 Å². The first-order valence-electron chi connectivity index (χ1n) is 4.67. The van der Waals surface area contributed by atoms with Gasteiger partial charge in [0.25, 0.3) is 0 Å². The zero-order valence-corrected chi connectivity index (χ0v) is 10.6. The van der Waals surface area contributed by atoms with E-state index in [0.29, 0.717) is 6.54 Å². The van der Waals surface area contributed by atoms with E-state index in [0.717, 1.165) is 15.9 Å². The Morgan fingerprint density at radius 3 is 3.13 bits per heavy atom. The fourth-order valence-corrected chi connectivity index (χ4v) is 1.87. The highest BCUT2D eigenvalue weighted by Crippen LogP contribution is 2.12. The Morgan fingerprint density at radius 1 is 1.60 bits per heavy atom. The van der Waals surface area contributed by atoms with E-state index in [2.05, 4.69) is 33.0 Å². The molecule has 2 rings (SSSR count). The molecule has 15 heavy (non-hydrogen) atoms. The van der Waals surface area contributed by atoms with Gasteiger partial charge in [0.15, 0.2) is 0 Å². The first kappa shape index (κ1) is 10.7. The Kier molecular flexibility index (Phi) is 3.42. The number of halogens is 1. The van der Waals surface area contributed by atoms with E-state index < -0.39 is 0 Å². The van der Waals surface area contributed by atoms with E-state index in [1.54, 1.807) is 6.26 Å². The number of aromatic nitrogens is 2. The lowest BCUT2D eigenvalue weighted by Crippen LogP contribution is -2.08. The Hall–Kier alpha value is -0.820. The van der Waals surface area contributed by atoms with Gasteiger partial charge >= 0.3 is 0 Å². The third-order valence-corrected chi connectivity index (χ3v) is 2.67. The molecule has 0 aliphatic heterocycles. The van der Waals surface area contributed by atoms with Crippen LogP contribution < -0.4 is 5.32 Å². The smallest absolute Gasteiger partial charge is 0.129 e. The van der Waals surface area contributed by atoms with E-state index in [1.165, 1.54) is 5.56 Å². The maximum Gasteiger partial charge on any atom is 0.129 e. The quantitative estimate of drug-likeness (QED) is 0.875. The van der Waals surface area contributed by atoms with Crippen LogP contribution in [0.25, 0.3) is 0 Å². The monoisotopic (exact) mass is 317 g/mol. The van der Waals surface area contributed by atoms with E-state index in [9.17, 15) is 0 Å². The predicted molar refractivity (Wildman–Crippen MR) is 65.5 cm³/mol. The van der Waals surface area contributed by atoms with Crippen LogP contribution in [0.3, 0.4) is 0 Å². The third-order valence-electron chi connectivity index (χ3n) is 2.11. The minimum atomic E-state index is 0.688. The summed E-state index contributed by atoms with van der Waals surface area (Å²) in [7, 11) is 1.92. The number of hydrogen-bond acceptors (Lipinski definition) is 3. The van der Waals surface area contributed by atoms with Crippen LogP contribution in [0.1, 0.15) is 11.3 Å². The van der Waals surface area contributed by atoms with Crippen LogP contribution in [0.2, 0.25) is 0 Å². The summed E-state index contributed by atoms with van der Waals surface area (Å²) in [5.41, 5.74) is 1.18. The second kappa shape index (κ2) is 4.80. The molecule has 4 nitrogen and oxygen atoms in total. The molecule has 0 saturated carbocycles. The van der Waals surface area contributed by atoms with E-state index in [4.69, 9.17) is 4.42 Å². The summed E-state index contributed by atoms with van der Waals surface area (Å²) in [5.74, 6) is 0.962. The molecule has 0 bridgehead atoms. The molecule has 0 fully saturated rings. The van der Waals surface area contributed by atoms with Crippen molar-refractivity contribution in [2.45, 2.75) is 13.1 Å². The number of nitrogens with one attached hydrogen (secondary N) is 1. The van der Waals surface area contributed by atoms with Gasteiger partial charge in [0, 0.05) is 18.3 Å². The lowest BCUT2D eigenvalue weighted by molar-refractivity contribution is 0.473. The molecule has 0 unspecified atom stereocenters. The van der Waals surface area contributed by atoms with Crippen molar-refractivity contribution >= 4 is 22.6 Å². The molecule has 0 aliphatic carbocycles. The molecule has 0 aromatic carbocycles. The molecule has 0 saturated heterocycles. The standard InChI is InChI=1S/C10H12IN3O/c1-12-4-8-2-3-15-10(8)7-14-6-9(11)5-13-14/h2-3,5-6,12H,4,7H2,1H3. The van der Waals surface area contributed by atoms with Crippen molar-refractivity contribution in [2.75, 3.05) is 7.05 Å². The lowest BCUT2D eigenvalue weighted by atomic mass is 10.2. The minimum Gasteiger partial charge on any atom is -0.467 e. The minimum absolute atomic E-state index is 0.688. The Balaban J connectivity index is 2.13. The average Bonchev–Trinajstić information content (AvgIpc) is 2.78. The van der Waals surface area contributed by atoms with Gasteiger partial charge in [-0.2, -0.15) is 5.10 Å². The lowest BCUT2D eigenvalue weighted by Gasteiger charge is -2.01. The van der Waals surface area contributed by atoms with Gasteiger partial charge in [-0.3, -0.25) is 4.68 Å². The number of rotatable bonds is 4. The van der Waals surface area contributed by atoms with Crippen LogP contribution in [-0.4, -0.2) is 16.8 Å². The summed E-state index contributed by atoms with van der Waals surface area (Å²) < 4.78 is 8.44. The van der Waals surface area contributed by atoms with Gasteiger partial charge in [-0.15, -0.1) is 0 Å². The fourth-order valence-electron chi connectivity index (χ4n) is 1.43. The van der Waals surface area contributed by atoms with Crippen LogP contribution in [-0.2, 0) is 13.1 Å². The highest BCUT2D eigenvalue weighted by molar-refractivity contribution is 14.1. The van der Waals surface area contributed by atoms with E-state index in [-0.39, 0.29) is 0 Å². The van der Waals surface area contributed by atoms with Gasteiger partial charge in [-0.05, 0) is 35.7 Å². The Morgan fingerprint density at radius 2 is 2.47 bits per heavy atom. The molecule has 1 N–H and O–H groups in total. The molecule has 5 heteroatoms. The largest absolute Gasteiger partial charge is 0.467 e. The third kappa shape index (κ3) is 2.60. The molecular formula is C10H12IN3O. The molecule has 0 amide bonds. The zero-order valence-electron chi connectivity index (χ0n) is 8.40. The molecule has 0 atom stereocenters. The van der Waals surface area contributed by atoms with E-state index in [1.807, 2.05) is 30.2 Å². The van der Waals surface area contributed by atoms with Crippen LogP contribution in [0.15, 0.2) is 29.1 Å².